The highest BCUT2D eigenvalue weighted by atomic mass is 16.5. The van der Waals surface area contributed by atoms with Gasteiger partial charge >= 0.3 is 0 Å². The van der Waals surface area contributed by atoms with Gasteiger partial charge in [0.2, 0.25) is 0 Å². The predicted octanol–water partition coefficient (Wildman–Crippen LogP) is 2.93. The lowest BCUT2D eigenvalue weighted by Crippen LogP contribution is -2.11. The van der Waals surface area contributed by atoms with Crippen LogP contribution in [0.25, 0.3) is 16.8 Å². The van der Waals surface area contributed by atoms with Gasteiger partial charge in [0.05, 0.1) is 36.9 Å². The van der Waals surface area contributed by atoms with Crippen LogP contribution in [-0.4, -0.2) is 43.5 Å². The van der Waals surface area contributed by atoms with Gasteiger partial charge in [-0.25, -0.2) is 4.52 Å². The Bertz CT molecular complexity index is 1120. The minimum absolute atomic E-state index is 0. The summed E-state index contributed by atoms with van der Waals surface area (Å²) in [5, 5.41) is 8.46. The van der Waals surface area contributed by atoms with Gasteiger partial charge < -0.3 is 15.5 Å². The van der Waals surface area contributed by atoms with E-state index in [9.17, 15) is 9.59 Å². The van der Waals surface area contributed by atoms with Crippen LogP contribution in [0.2, 0.25) is 0 Å². The van der Waals surface area contributed by atoms with Gasteiger partial charge in [-0.1, -0.05) is 44.4 Å². The number of nitrogens with zero attached hydrogens (tertiary/aromatic N) is 4. The number of amides is 1. The van der Waals surface area contributed by atoms with Crippen molar-refractivity contribution in [2.45, 2.75) is 57.9 Å². The first-order valence-corrected chi connectivity index (χ1v) is 11.0. The molecule has 3 aromatic rings. The maximum absolute atomic E-state index is 11.9. The second-order valence-electron chi connectivity index (χ2n) is 7.74. The fourth-order valence-corrected chi connectivity index (χ4v) is 3.68. The summed E-state index contributed by atoms with van der Waals surface area (Å²) in [7, 11) is 0. The number of hydrogen-bond donors (Lipinski definition) is 2. The van der Waals surface area contributed by atoms with E-state index in [1.165, 1.54) is 38.5 Å². The largest absolute Gasteiger partial charge is 0.379 e. The fourth-order valence-electron chi connectivity index (χ4n) is 3.68. The zero-order valence-corrected chi connectivity index (χ0v) is 18.4. The third kappa shape index (κ3) is 6.56. The number of H-pyrrole nitrogens is 1. The first-order chi connectivity index (χ1) is 15.6. The number of primary amides is 1. The topological polar surface area (TPSA) is 120 Å². The smallest absolute Gasteiger partial charge is 0.293 e. The summed E-state index contributed by atoms with van der Waals surface area (Å²) < 4.78 is 8.83. The Morgan fingerprint density at radius 2 is 1.94 bits per heavy atom. The molecule has 0 spiro atoms. The molecule has 2 aliphatic rings. The minimum atomic E-state index is -0.572. The van der Waals surface area contributed by atoms with Crippen molar-refractivity contribution < 1.29 is 11.0 Å². The minimum Gasteiger partial charge on any atom is -0.379 e. The van der Waals surface area contributed by atoms with Crippen LogP contribution < -0.4 is 11.3 Å². The second kappa shape index (κ2) is 11.9. The summed E-state index contributed by atoms with van der Waals surface area (Å²) in [6, 6.07) is 1.96. The van der Waals surface area contributed by atoms with Crippen LogP contribution >= 0.6 is 0 Å². The maximum Gasteiger partial charge on any atom is 0.293 e. The van der Waals surface area contributed by atoms with Crippen molar-refractivity contribution in [3.63, 3.8) is 0 Å². The molecular formula is C23H32N6O3. The molecule has 1 saturated carbocycles. The van der Waals surface area contributed by atoms with Crippen molar-refractivity contribution >= 4 is 11.4 Å². The average Bonchev–Trinajstić information content (AvgIpc) is 3.56. The number of hydrogen-bond acceptors (Lipinski definition) is 5. The average molecular weight is 441 g/mol. The number of carbonyl (C=O) groups is 1. The van der Waals surface area contributed by atoms with Crippen molar-refractivity contribution in [2.24, 2.45) is 5.73 Å². The molecule has 4 heterocycles. The Hall–Kier alpha value is -3.38. The van der Waals surface area contributed by atoms with Gasteiger partial charge in [-0.3, -0.25) is 14.3 Å². The Kier molecular flexibility index (Phi) is 8.63. The quantitative estimate of drug-likeness (QED) is 0.594. The van der Waals surface area contributed by atoms with E-state index >= 15 is 0 Å². The predicted molar refractivity (Wildman–Crippen MR) is 124 cm³/mol. The van der Waals surface area contributed by atoms with Crippen LogP contribution in [0.1, 0.15) is 59.3 Å². The summed E-state index contributed by atoms with van der Waals surface area (Å²) >= 11 is 0. The number of aromatic nitrogens is 5. The van der Waals surface area contributed by atoms with E-state index < -0.39 is 5.91 Å². The van der Waals surface area contributed by atoms with E-state index in [-0.39, 0.29) is 13.0 Å². The number of aromatic amines is 1. The van der Waals surface area contributed by atoms with Crippen LogP contribution in [0, 0.1) is 11.8 Å². The number of fused-ring (bicyclic) bond motifs is 1. The molecule has 0 radical (unpaired) electrons. The van der Waals surface area contributed by atoms with Crippen LogP contribution in [0.5, 0.6) is 0 Å². The Morgan fingerprint density at radius 3 is 2.50 bits per heavy atom. The van der Waals surface area contributed by atoms with Gasteiger partial charge in [0.25, 0.3) is 11.5 Å². The fraction of sp³-hybridized carbons (Fsp3) is 0.478. The number of ether oxygens (including phenoxy) is 1. The molecule has 3 aromatic heterocycles. The highest BCUT2D eigenvalue weighted by Gasteiger charge is 2.18. The summed E-state index contributed by atoms with van der Waals surface area (Å²) in [5.74, 6) is 3.87. The van der Waals surface area contributed by atoms with Crippen molar-refractivity contribution in [2.75, 3.05) is 13.2 Å². The molecule has 1 aliphatic carbocycles. The van der Waals surface area contributed by atoms with Crippen molar-refractivity contribution in [1.29, 1.82) is 0 Å². The molecule has 1 aliphatic heterocycles. The molecule has 1 unspecified atom stereocenters. The van der Waals surface area contributed by atoms with E-state index in [0.717, 1.165) is 18.6 Å². The van der Waals surface area contributed by atoms with Crippen LogP contribution in [-0.2, 0) is 9.53 Å². The molecule has 172 valence electrons. The van der Waals surface area contributed by atoms with Crippen molar-refractivity contribution in [1.82, 2.24) is 24.4 Å². The monoisotopic (exact) mass is 440 g/mol. The summed E-state index contributed by atoms with van der Waals surface area (Å²) in [6.45, 7) is 3.02. The maximum atomic E-state index is 11.9. The van der Waals surface area contributed by atoms with Gasteiger partial charge in [-0.15, -0.1) is 0 Å². The second-order valence-corrected chi connectivity index (χ2v) is 7.74. The first-order valence-electron chi connectivity index (χ1n) is 11.0. The molecule has 1 atom stereocenters. The van der Waals surface area contributed by atoms with Gasteiger partial charge in [0.15, 0.2) is 0 Å². The number of nitrogens with two attached hydrogens (primary N) is 1. The van der Waals surface area contributed by atoms with E-state index in [1.807, 2.05) is 10.9 Å². The van der Waals surface area contributed by atoms with Gasteiger partial charge in [0.1, 0.15) is 5.52 Å². The molecular weight excluding hydrogens is 408 g/mol. The molecule has 5 rings (SSSR count). The summed E-state index contributed by atoms with van der Waals surface area (Å²) in [4.78, 5) is 24.4. The Balaban J connectivity index is 0.000000247. The third-order valence-electron chi connectivity index (χ3n) is 5.34. The lowest BCUT2D eigenvalue weighted by atomic mass is 10.0. The molecule has 2 fully saturated rings. The van der Waals surface area contributed by atoms with Crippen LogP contribution in [0.4, 0.5) is 0 Å². The molecule has 32 heavy (non-hydrogen) atoms. The number of rotatable bonds is 2. The van der Waals surface area contributed by atoms with E-state index in [1.54, 1.807) is 36.1 Å². The standard InChI is InChI=1S/C13H13N5O2.C6H12.C4H5NO.H2/c19-13-12-1-3-14-18(12)7-11(16-13)9-5-15-17(6-9)10-2-4-20-8-10;1-2-4-6-5-3-1;1-2-3-4(5)6;/h1,3,5-7,10H,2,4,8H2,(H,16,19);1-6H2;1H3,(H2,5,6);1H. The number of nitrogens with one attached hydrogen (secondary N) is 1. The van der Waals surface area contributed by atoms with Gasteiger partial charge in [0, 0.05) is 19.8 Å². The van der Waals surface area contributed by atoms with Gasteiger partial charge in [-0.05, 0) is 25.3 Å². The molecule has 3 N–H and O–H groups in total. The van der Waals surface area contributed by atoms with E-state index in [2.05, 4.69) is 32.8 Å². The molecule has 1 saturated heterocycles. The Morgan fingerprint density at radius 1 is 1.22 bits per heavy atom. The molecule has 0 bridgehead atoms. The summed E-state index contributed by atoms with van der Waals surface area (Å²) in [6.07, 6.45) is 17.0. The Labute approximate surface area is 188 Å². The first kappa shape index (κ1) is 23.3. The SMILES string of the molecule is C1CCCCC1.CC#CC(N)=O.O=c1[nH]c(-c2cnn(C3CCOC3)c2)cn2nccc12.[HH]. The van der Waals surface area contributed by atoms with Gasteiger partial charge in [-0.2, -0.15) is 10.2 Å². The lowest BCUT2D eigenvalue weighted by molar-refractivity contribution is -0.112. The van der Waals surface area contributed by atoms with Crippen molar-refractivity contribution in [3.8, 4) is 23.1 Å². The van der Waals surface area contributed by atoms with Crippen LogP contribution in [0.15, 0.2) is 35.6 Å². The zero-order valence-electron chi connectivity index (χ0n) is 18.4. The van der Waals surface area contributed by atoms with E-state index in [0.29, 0.717) is 17.8 Å². The normalized spacial score (nSPS) is 17.3. The van der Waals surface area contributed by atoms with Crippen molar-refractivity contribution in [3.05, 3.63) is 41.2 Å². The molecule has 1 amide bonds. The van der Waals surface area contributed by atoms with Crippen LogP contribution in [0.3, 0.4) is 0 Å². The lowest BCUT2D eigenvalue weighted by Gasteiger charge is -2.06. The highest BCUT2D eigenvalue weighted by Crippen LogP contribution is 2.21. The molecule has 9 nitrogen and oxygen atoms in total. The highest BCUT2D eigenvalue weighted by molar-refractivity contribution is 5.91. The number of carbonyl (C=O) groups excluding carboxylic acids is 1. The molecule has 0 aromatic carbocycles. The summed E-state index contributed by atoms with van der Waals surface area (Å²) in [5.41, 5.74) is 6.54. The zero-order chi connectivity index (χ0) is 22.8. The van der Waals surface area contributed by atoms with E-state index in [4.69, 9.17) is 4.74 Å². The third-order valence-corrected chi connectivity index (χ3v) is 5.34. The molecule has 9 heteroatoms.